The van der Waals surface area contributed by atoms with Crippen LogP contribution in [0.1, 0.15) is 0 Å². The van der Waals surface area contributed by atoms with Crippen LogP contribution >= 0.6 is 0 Å². The molecule has 12 rings (SSSR count). The van der Waals surface area contributed by atoms with E-state index in [1.807, 2.05) is 12.1 Å². The Morgan fingerprint density at radius 3 is 1.62 bits per heavy atom. The first-order valence-corrected chi connectivity index (χ1v) is 21.5. The Balaban J connectivity index is 1.04. The molecular formula is C60H40N2O. The largest absolute Gasteiger partial charge is 0.456 e. The zero-order valence-corrected chi connectivity index (χ0v) is 34.4. The lowest BCUT2D eigenvalue weighted by Crippen LogP contribution is -2.10. The third kappa shape index (κ3) is 6.46. The number of benzene rings is 10. The monoisotopic (exact) mass is 804 g/mol. The van der Waals surface area contributed by atoms with Gasteiger partial charge in [-0.15, -0.1) is 0 Å². The summed E-state index contributed by atoms with van der Waals surface area (Å²) in [5.41, 5.74) is 17.7. The van der Waals surface area contributed by atoms with E-state index in [-0.39, 0.29) is 0 Å². The van der Waals surface area contributed by atoms with Gasteiger partial charge < -0.3 is 13.9 Å². The molecule has 3 heteroatoms. The Labute approximate surface area is 366 Å². The van der Waals surface area contributed by atoms with E-state index in [4.69, 9.17) is 4.42 Å². The molecule has 0 radical (unpaired) electrons. The highest BCUT2D eigenvalue weighted by Gasteiger charge is 2.19. The average molecular weight is 805 g/mol. The number of aromatic nitrogens is 1. The van der Waals surface area contributed by atoms with Crippen LogP contribution < -0.4 is 4.90 Å². The van der Waals surface area contributed by atoms with Crippen LogP contribution in [-0.2, 0) is 0 Å². The molecule has 0 atom stereocenters. The van der Waals surface area contributed by atoms with E-state index in [2.05, 4.69) is 240 Å². The topological polar surface area (TPSA) is 21.3 Å². The zero-order chi connectivity index (χ0) is 41.7. The van der Waals surface area contributed by atoms with Crippen molar-refractivity contribution < 1.29 is 4.42 Å². The minimum absolute atomic E-state index is 0.876. The molecule has 0 bridgehead atoms. The normalized spacial score (nSPS) is 11.5. The van der Waals surface area contributed by atoms with Gasteiger partial charge in [0.1, 0.15) is 11.2 Å². The van der Waals surface area contributed by atoms with Crippen molar-refractivity contribution in [1.29, 1.82) is 0 Å². The fourth-order valence-corrected chi connectivity index (χ4v) is 9.41. The van der Waals surface area contributed by atoms with Crippen molar-refractivity contribution >= 4 is 60.8 Å². The van der Waals surface area contributed by atoms with Gasteiger partial charge in [0.25, 0.3) is 0 Å². The number of nitrogens with zero attached hydrogens (tertiary/aromatic N) is 2. The van der Waals surface area contributed by atoms with Crippen LogP contribution in [-0.4, -0.2) is 4.57 Å². The molecular weight excluding hydrogens is 765 g/mol. The highest BCUT2D eigenvalue weighted by molar-refractivity contribution is 6.10. The van der Waals surface area contributed by atoms with E-state index in [0.717, 1.165) is 78.1 Å². The third-order valence-corrected chi connectivity index (χ3v) is 12.4. The van der Waals surface area contributed by atoms with Crippen molar-refractivity contribution in [2.45, 2.75) is 0 Å². The summed E-state index contributed by atoms with van der Waals surface area (Å²) in [5.74, 6) is 0. The van der Waals surface area contributed by atoms with E-state index in [0.29, 0.717) is 0 Å². The number of rotatable bonds is 8. The third-order valence-electron chi connectivity index (χ3n) is 12.4. The molecule has 296 valence electrons. The van der Waals surface area contributed by atoms with E-state index in [1.54, 1.807) is 0 Å². The molecule has 0 saturated carbocycles. The summed E-state index contributed by atoms with van der Waals surface area (Å²) in [6.45, 7) is 0. The van der Waals surface area contributed by atoms with Crippen LogP contribution in [0.5, 0.6) is 0 Å². The Kier molecular flexibility index (Phi) is 8.83. The van der Waals surface area contributed by atoms with Crippen LogP contribution in [0.15, 0.2) is 247 Å². The predicted octanol–water partition coefficient (Wildman–Crippen LogP) is 16.8. The molecule has 0 unspecified atom stereocenters. The van der Waals surface area contributed by atoms with Crippen molar-refractivity contribution in [3.63, 3.8) is 0 Å². The minimum Gasteiger partial charge on any atom is -0.456 e. The van der Waals surface area contributed by atoms with Crippen molar-refractivity contribution in [1.82, 2.24) is 4.57 Å². The number of anilines is 3. The number of hydrogen-bond acceptors (Lipinski definition) is 2. The van der Waals surface area contributed by atoms with Gasteiger partial charge in [0.2, 0.25) is 0 Å². The number of hydrogen-bond donors (Lipinski definition) is 0. The number of furan rings is 1. The summed E-state index contributed by atoms with van der Waals surface area (Å²) in [4.78, 5) is 2.35. The second-order valence-corrected chi connectivity index (χ2v) is 16.1. The van der Waals surface area contributed by atoms with Gasteiger partial charge in [-0.2, -0.15) is 0 Å². The molecule has 0 saturated heterocycles. The Bertz CT molecular complexity index is 3620. The molecule has 0 spiro atoms. The zero-order valence-electron chi connectivity index (χ0n) is 34.4. The quantitative estimate of drug-likeness (QED) is 0.153. The lowest BCUT2D eigenvalue weighted by Gasteiger charge is -2.26. The van der Waals surface area contributed by atoms with E-state index < -0.39 is 0 Å². The number of fused-ring (bicyclic) bond motifs is 6. The standard InChI is InChI=1S/C60H40N2O/c1-4-16-41(17-5-1)42-18-14-24-49(36-42)61(47-20-6-2-7-21-47)50-25-15-19-45(37-50)51-33-30-43(38-56(51)46-32-35-55-54-27-11-13-29-59(54)63-60(55)40-46)44-31-34-53-52-26-10-12-28-57(52)62(58(53)39-44)48-22-8-3-9-23-48/h1-40H. The summed E-state index contributed by atoms with van der Waals surface area (Å²) < 4.78 is 8.88. The SMILES string of the molecule is c1ccc(-c2cccc(N(c3ccccc3)c3cccc(-c4ccc(-c5ccc6c7ccccc7n(-c7ccccc7)c6c5)cc4-c4ccc5c(c4)oc4ccccc45)c3)c2)cc1. The smallest absolute Gasteiger partial charge is 0.136 e. The van der Waals surface area contributed by atoms with E-state index in [1.165, 1.54) is 32.9 Å². The Morgan fingerprint density at radius 1 is 0.286 bits per heavy atom. The molecule has 0 amide bonds. The Morgan fingerprint density at radius 2 is 0.810 bits per heavy atom. The van der Waals surface area contributed by atoms with Gasteiger partial charge >= 0.3 is 0 Å². The van der Waals surface area contributed by atoms with Gasteiger partial charge in [-0.25, -0.2) is 0 Å². The minimum atomic E-state index is 0.876. The van der Waals surface area contributed by atoms with E-state index in [9.17, 15) is 0 Å². The van der Waals surface area contributed by atoms with Gasteiger partial charge in [-0.3, -0.25) is 0 Å². The van der Waals surface area contributed by atoms with Crippen LogP contribution in [0.4, 0.5) is 17.1 Å². The maximum absolute atomic E-state index is 6.49. The molecule has 12 aromatic rings. The maximum Gasteiger partial charge on any atom is 0.136 e. The summed E-state index contributed by atoms with van der Waals surface area (Å²) in [5, 5.41) is 4.72. The molecule has 10 aromatic carbocycles. The summed E-state index contributed by atoms with van der Waals surface area (Å²) >= 11 is 0. The van der Waals surface area contributed by atoms with Crippen LogP contribution in [0, 0.1) is 0 Å². The van der Waals surface area contributed by atoms with Gasteiger partial charge in [-0.1, -0.05) is 158 Å². The van der Waals surface area contributed by atoms with Crippen LogP contribution in [0.3, 0.4) is 0 Å². The first-order valence-electron chi connectivity index (χ1n) is 21.5. The van der Waals surface area contributed by atoms with Crippen molar-refractivity contribution in [2.75, 3.05) is 4.90 Å². The first-order chi connectivity index (χ1) is 31.2. The highest BCUT2D eigenvalue weighted by Crippen LogP contribution is 2.43. The molecule has 0 aliphatic heterocycles. The lowest BCUT2D eigenvalue weighted by atomic mass is 9.90. The molecule has 63 heavy (non-hydrogen) atoms. The van der Waals surface area contributed by atoms with Gasteiger partial charge in [0.05, 0.1) is 11.0 Å². The predicted molar refractivity (Wildman–Crippen MR) is 264 cm³/mol. The molecule has 0 aliphatic carbocycles. The van der Waals surface area contributed by atoms with Crippen LogP contribution in [0.25, 0.3) is 93.9 Å². The Hall–Kier alpha value is -8.40. The fourth-order valence-electron chi connectivity index (χ4n) is 9.41. The maximum atomic E-state index is 6.49. The van der Waals surface area contributed by atoms with Crippen molar-refractivity contribution in [2.24, 2.45) is 0 Å². The van der Waals surface area contributed by atoms with Gasteiger partial charge in [0.15, 0.2) is 0 Å². The van der Waals surface area contributed by atoms with Crippen molar-refractivity contribution in [3.8, 4) is 50.2 Å². The summed E-state index contributed by atoms with van der Waals surface area (Å²) in [6.07, 6.45) is 0. The average Bonchev–Trinajstić information content (AvgIpc) is 3.90. The second-order valence-electron chi connectivity index (χ2n) is 16.1. The molecule has 3 nitrogen and oxygen atoms in total. The van der Waals surface area contributed by atoms with Gasteiger partial charge in [-0.05, 0) is 129 Å². The van der Waals surface area contributed by atoms with Gasteiger partial charge in [0, 0.05) is 44.3 Å². The lowest BCUT2D eigenvalue weighted by molar-refractivity contribution is 0.669. The molecule has 0 fully saturated rings. The number of para-hydroxylation sites is 4. The summed E-state index contributed by atoms with van der Waals surface area (Å²) in [7, 11) is 0. The molecule has 2 heterocycles. The first kappa shape index (κ1) is 36.5. The molecule has 0 N–H and O–H groups in total. The molecule has 2 aromatic heterocycles. The summed E-state index contributed by atoms with van der Waals surface area (Å²) in [6, 6.07) is 87.2. The highest BCUT2D eigenvalue weighted by atomic mass is 16.3. The second kappa shape index (κ2) is 15.3. The molecule has 0 aliphatic rings. The van der Waals surface area contributed by atoms with Crippen LogP contribution in [0.2, 0.25) is 0 Å². The van der Waals surface area contributed by atoms with Crippen molar-refractivity contribution in [3.05, 3.63) is 243 Å². The van der Waals surface area contributed by atoms with E-state index >= 15 is 0 Å². The fraction of sp³-hybridized carbons (Fsp3) is 0.